The Morgan fingerprint density at radius 2 is 1.59 bits per heavy atom. The molecule has 0 aliphatic heterocycles. The summed E-state index contributed by atoms with van der Waals surface area (Å²) in [5.74, 6) is 0.307. The van der Waals surface area contributed by atoms with Gasteiger partial charge in [-0.1, -0.05) is 30.3 Å². The number of rotatable bonds is 6. The second-order valence-corrected chi connectivity index (χ2v) is 8.27. The van der Waals surface area contributed by atoms with Gasteiger partial charge in [-0.15, -0.1) is 0 Å². The molecule has 0 spiro atoms. The molecule has 6 nitrogen and oxygen atoms in total. The smallest absolute Gasteiger partial charge is 0.261 e. The third-order valence-electron chi connectivity index (χ3n) is 4.46. The molecule has 3 aromatic rings. The van der Waals surface area contributed by atoms with Crippen LogP contribution in [0.25, 0.3) is 0 Å². The summed E-state index contributed by atoms with van der Waals surface area (Å²) in [5.41, 5.74) is 2.98. The van der Waals surface area contributed by atoms with Crippen molar-refractivity contribution < 1.29 is 17.9 Å². The first-order chi connectivity index (χ1) is 13.8. The Morgan fingerprint density at radius 1 is 0.897 bits per heavy atom. The van der Waals surface area contributed by atoms with Crippen LogP contribution in [0.3, 0.4) is 0 Å². The van der Waals surface area contributed by atoms with Crippen molar-refractivity contribution in [1.29, 1.82) is 0 Å². The Labute approximate surface area is 170 Å². The number of nitrogens with one attached hydrogen (secondary N) is 2. The molecule has 0 saturated heterocycles. The summed E-state index contributed by atoms with van der Waals surface area (Å²) >= 11 is 0. The zero-order chi connectivity index (χ0) is 21.0. The van der Waals surface area contributed by atoms with Crippen LogP contribution in [0.4, 0.5) is 11.4 Å². The number of ether oxygens (including phenoxy) is 1. The number of hydrogen-bond donors (Lipinski definition) is 2. The quantitative estimate of drug-likeness (QED) is 0.632. The molecule has 0 atom stereocenters. The largest absolute Gasteiger partial charge is 0.496 e. The molecule has 7 heteroatoms. The standard InChI is InChI=1S/C22H22N2O4S/c1-15-10-12-18(23-22(25)17-11-9-16(2)21(13-17)28-3)14-20(15)24-29(26,27)19-7-5-4-6-8-19/h4-14,24H,1-3H3,(H,23,25). The lowest BCUT2D eigenvalue weighted by Gasteiger charge is -2.13. The van der Waals surface area contributed by atoms with Crippen molar-refractivity contribution in [3.05, 3.63) is 83.4 Å². The molecule has 0 aromatic heterocycles. The van der Waals surface area contributed by atoms with E-state index in [1.54, 1.807) is 62.6 Å². The van der Waals surface area contributed by atoms with E-state index in [0.29, 0.717) is 22.7 Å². The topological polar surface area (TPSA) is 84.5 Å². The average Bonchev–Trinajstić information content (AvgIpc) is 2.71. The monoisotopic (exact) mass is 410 g/mol. The van der Waals surface area contributed by atoms with Gasteiger partial charge in [-0.2, -0.15) is 0 Å². The predicted octanol–water partition coefficient (Wildman–Crippen LogP) is 4.37. The third kappa shape index (κ3) is 4.75. The number of methoxy groups -OCH3 is 1. The maximum Gasteiger partial charge on any atom is 0.261 e. The zero-order valence-electron chi connectivity index (χ0n) is 16.4. The molecular formula is C22H22N2O4S. The van der Waals surface area contributed by atoms with Gasteiger partial charge in [-0.25, -0.2) is 8.42 Å². The average molecular weight is 410 g/mol. The van der Waals surface area contributed by atoms with E-state index in [0.717, 1.165) is 11.1 Å². The highest BCUT2D eigenvalue weighted by Gasteiger charge is 2.16. The molecule has 0 aliphatic carbocycles. The minimum absolute atomic E-state index is 0.167. The predicted molar refractivity (Wildman–Crippen MR) is 114 cm³/mol. The number of benzene rings is 3. The molecule has 0 fully saturated rings. The van der Waals surface area contributed by atoms with E-state index >= 15 is 0 Å². The third-order valence-corrected chi connectivity index (χ3v) is 5.84. The van der Waals surface area contributed by atoms with Crippen LogP contribution in [-0.4, -0.2) is 21.4 Å². The van der Waals surface area contributed by atoms with Crippen molar-refractivity contribution >= 4 is 27.3 Å². The summed E-state index contributed by atoms with van der Waals surface area (Å²) in [5, 5.41) is 2.79. The second kappa shape index (κ2) is 8.36. The van der Waals surface area contributed by atoms with Gasteiger partial charge in [0.15, 0.2) is 0 Å². The number of aryl methyl sites for hydroxylation is 2. The van der Waals surface area contributed by atoms with Gasteiger partial charge in [0.25, 0.3) is 15.9 Å². The summed E-state index contributed by atoms with van der Waals surface area (Å²) in [4.78, 5) is 12.8. The molecule has 29 heavy (non-hydrogen) atoms. The van der Waals surface area contributed by atoms with Gasteiger partial charge in [0, 0.05) is 11.3 Å². The maximum absolute atomic E-state index is 12.6. The Hall–Kier alpha value is -3.32. The summed E-state index contributed by atoms with van der Waals surface area (Å²) < 4.78 is 33.0. The molecule has 2 N–H and O–H groups in total. The van der Waals surface area contributed by atoms with Crippen molar-refractivity contribution in [2.45, 2.75) is 18.7 Å². The molecule has 0 aliphatic rings. The van der Waals surface area contributed by atoms with Gasteiger partial charge in [0.1, 0.15) is 5.75 Å². The lowest BCUT2D eigenvalue weighted by atomic mass is 10.1. The van der Waals surface area contributed by atoms with Crippen LogP contribution < -0.4 is 14.8 Å². The fourth-order valence-corrected chi connectivity index (χ4v) is 3.92. The summed E-state index contributed by atoms with van der Waals surface area (Å²) in [6, 6.07) is 18.4. The number of anilines is 2. The lowest BCUT2D eigenvalue weighted by molar-refractivity contribution is 0.102. The normalized spacial score (nSPS) is 11.0. The van der Waals surface area contributed by atoms with Crippen molar-refractivity contribution in [2.24, 2.45) is 0 Å². The minimum atomic E-state index is -3.73. The van der Waals surface area contributed by atoms with Gasteiger partial charge in [0.05, 0.1) is 17.7 Å². The van der Waals surface area contributed by atoms with Gasteiger partial charge < -0.3 is 10.1 Å². The molecule has 0 unspecified atom stereocenters. The first-order valence-corrected chi connectivity index (χ1v) is 10.4. The second-order valence-electron chi connectivity index (χ2n) is 6.59. The molecule has 0 bridgehead atoms. The Morgan fingerprint density at radius 3 is 2.28 bits per heavy atom. The highest BCUT2D eigenvalue weighted by Crippen LogP contribution is 2.25. The molecule has 3 rings (SSSR count). The van der Waals surface area contributed by atoms with Crippen LogP contribution in [0.1, 0.15) is 21.5 Å². The van der Waals surface area contributed by atoms with Crippen LogP contribution in [0.5, 0.6) is 5.75 Å². The van der Waals surface area contributed by atoms with E-state index in [2.05, 4.69) is 10.0 Å². The first kappa shape index (κ1) is 20.4. The molecule has 0 heterocycles. The van der Waals surface area contributed by atoms with Gasteiger partial charge in [0.2, 0.25) is 0 Å². The van der Waals surface area contributed by atoms with Crippen LogP contribution in [-0.2, 0) is 10.0 Å². The zero-order valence-corrected chi connectivity index (χ0v) is 17.2. The van der Waals surface area contributed by atoms with E-state index in [-0.39, 0.29) is 10.8 Å². The number of hydrogen-bond acceptors (Lipinski definition) is 4. The van der Waals surface area contributed by atoms with E-state index in [9.17, 15) is 13.2 Å². The number of amides is 1. The summed E-state index contributed by atoms with van der Waals surface area (Å²) in [7, 11) is -2.18. The molecule has 3 aromatic carbocycles. The highest BCUT2D eigenvalue weighted by molar-refractivity contribution is 7.92. The number of sulfonamides is 1. The van der Waals surface area contributed by atoms with Gasteiger partial charge in [-0.05, 0) is 61.4 Å². The van der Waals surface area contributed by atoms with Crippen LogP contribution in [0.2, 0.25) is 0 Å². The number of carbonyl (C=O) groups is 1. The number of carbonyl (C=O) groups excluding carboxylic acids is 1. The van der Waals surface area contributed by atoms with Crippen LogP contribution in [0.15, 0.2) is 71.6 Å². The molecule has 0 radical (unpaired) electrons. The van der Waals surface area contributed by atoms with Crippen molar-refractivity contribution in [1.82, 2.24) is 0 Å². The lowest BCUT2D eigenvalue weighted by Crippen LogP contribution is -2.15. The van der Waals surface area contributed by atoms with Gasteiger partial charge in [-0.3, -0.25) is 9.52 Å². The van der Waals surface area contributed by atoms with Crippen LogP contribution >= 0.6 is 0 Å². The molecule has 0 saturated carbocycles. The Balaban J connectivity index is 1.83. The van der Waals surface area contributed by atoms with Crippen molar-refractivity contribution in [3.63, 3.8) is 0 Å². The minimum Gasteiger partial charge on any atom is -0.496 e. The molecule has 1 amide bonds. The fourth-order valence-electron chi connectivity index (χ4n) is 2.78. The highest BCUT2D eigenvalue weighted by atomic mass is 32.2. The SMILES string of the molecule is COc1cc(C(=O)Nc2ccc(C)c(NS(=O)(=O)c3ccccc3)c2)ccc1C. The van der Waals surface area contributed by atoms with Crippen LogP contribution in [0, 0.1) is 13.8 Å². The maximum atomic E-state index is 12.6. The molecule has 150 valence electrons. The van der Waals surface area contributed by atoms with Gasteiger partial charge >= 0.3 is 0 Å². The molecular weight excluding hydrogens is 388 g/mol. The van der Waals surface area contributed by atoms with E-state index in [1.165, 1.54) is 12.1 Å². The fraction of sp³-hybridized carbons (Fsp3) is 0.136. The van der Waals surface area contributed by atoms with E-state index in [4.69, 9.17) is 4.74 Å². The Bertz CT molecular complexity index is 1140. The van der Waals surface area contributed by atoms with E-state index in [1.807, 2.05) is 13.0 Å². The summed E-state index contributed by atoms with van der Waals surface area (Å²) in [6.07, 6.45) is 0. The summed E-state index contributed by atoms with van der Waals surface area (Å²) in [6.45, 7) is 3.69. The van der Waals surface area contributed by atoms with Crippen molar-refractivity contribution in [3.8, 4) is 5.75 Å². The Kier molecular flexibility index (Phi) is 5.89. The van der Waals surface area contributed by atoms with Crippen molar-refractivity contribution in [2.75, 3.05) is 17.1 Å². The van der Waals surface area contributed by atoms with E-state index < -0.39 is 10.0 Å². The first-order valence-electron chi connectivity index (χ1n) is 8.94.